The van der Waals surface area contributed by atoms with Crippen LogP contribution in [0.25, 0.3) is 0 Å². The predicted molar refractivity (Wildman–Crippen MR) is 167 cm³/mol. The molecular formula is C31H41ClFN3O6S2. The molecule has 2 aromatic rings. The number of carboxylic acids is 1. The third-order valence-electron chi connectivity index (χ3n) is 9.54. The van der Waals surface area contributed by atoms with Crippen LogP contribution in [0.1, 0.15) is 64.2 Å². The Hall–Kier alpha value is -2.25. The molecule has 0 spiro atoms. The van der Waals surface area contributed by atoms with Crippen molar-refractivity contribution < 1.29 is 31.1 Å². The van der Waals surface area contributed by atoms with E-state index in [1.54, 1.807) is 12.1 Å². The first kappa shape index (κ1) is 33.1. The molecule has 9 nitrogen and oxygen atoms in total. The van der Waals surface area contributed by atoms with Gasteiger partial charge in [-0.15, -0.1) is 0 Å². The molecule has 2 atom stereocenters. The van der Waals surface area contributed by atoms with Crippen molar-refractivity contribution in [2.24, 2.45) is 17.8 Å². The Morgan fingerprint density at radius 1 is 0.864 bits per heavy atom. The number of nitrogens with zero attached hydrogens (tertiary/aromatic N) is 2. The van der Waals surface area contributed by atoms with E-state index in [4.69, 9.17) is 11.6 Å². The number of carboxylic acid groups (broad SMARTS) is 1. The van der Waals surface area contributed by atoms with Crippen LogP contribution < -0.4 is 9.62 Å². The summed E-state index contributed by atoms with van der Waals surface area (Å²) in [5, 5.41) is 9.57. The molecule has 0 unspecified atom stereocenters. The maximum Gasteiger partial charge on any atom is 0.306 e. The first-order valence-corrected chi connectivity index (χ1v) is 18.8. The highest BCUT2D eigenvalue weighted by Gasteiger charge is 2.33. The number of sulfonamides is 2. The van der Waals surface area contributed by atoms with Gasteiger partial charge in [-0.2, -0.15) is 4.31 Å². The highest BCUT2D eigenvalue weighted by atomic mass is 35.5. The van der Waals surface area contributed by atoms with Crippen molar-refractivity contribution in [3.05, 3.63) is 53.3 Å². The van der Waals surface area contributed by atoms with Crippen LogP contribution in [0.4, 0.5) is 10.1 Å². The van der Waals surface area contributed by atoms with Crippen LogP contribution in [0.3, 0.4) is 0 Å². The van der Waals surface area contributed by atoms with Gasteiger partial charge >= 0.3 is 5.97 Å². The third-order valence-corrected chi connectivity index (χ3v) is 13.3. The maximum atomic E-state index is 13.2. The van der Waals surface area contributed by atoms with Crippen LogP contribution in [0, 0.1) is 23.6 Å². The summed E-state index contributed by atoms with van der Waals surface area (Å²) in [5.41, 5.74) is 0.818. The van der Waals surface area contributed by atoms with Gasteiger partial charge in [0.25, 0.3) is 0 Å². The fourth-order valence-corrected chi connectivity index (χ4v) is 10.0. The van der Waals surface area contributed by atoms with E-state index in [9.17, 15) is 31.1 Å². The Morgan fingerprint density at radius 2 is 1.45 bits per heavy atom. The topological polar surface area (TPSA) is 124 Å². The molecule has 5 rings (SSSR count). The summed E-state index contributed by atoms with van der Waals surface area (Å²) in [6.07, 6.45) is 8.29. The van der Waals surface area contributed by atoms with E-state index in [1.165, 1.54) is 34.6 Å². The molecule has 2 aliphatic heterocycles. The lowest BCUT2D eigenvalue weighted by Crippen LogP contribution is -2.38. The minimum Gasteiger partial charge on any atom is -0.481 e. The van der Waals surface area contributed by atoms with Crippen LogP contribution in [-0.4, -0.2) is 64.4 Å². The van der Waals surface area contributed by atoms with Crippen LogP contribution in [0.5, 0.6) is 0 Å². The number of hydrogen-bond acceptors (Lipinski definition) is 6. The number of hydrogen-bond donors (Lipinski definition) is 2. The molecule has 13 heteroatoms. The molecule has 0 amide bonds. The molecule has 0 radical (unpaired) electrons. The first-order valence-electron chi connectivity index (χ1n) is 15.5. The fourth-order valence-electron chi connectivity index (χ4n) is 6.86. The monoisotopic (exact) mass is 669 g/mol. The Morgan fingerprint density at radius 3 is 2.02 bits per heavy atom. The summed E-state index contributed by atoms with van der Waals surface area (Å²) in [6.45, 7) is 2.66. The van der Waals surface area contributed by atoms with Crippen molar-refractivity contribution >= 4 is 43.3 Å². The second-order valence-electron chi connectivity index (χ2n) is 12.4. The molecule has 0 bridgehead atoms. The minimum absolute atomic E-state index is 0.0822. The fraction of sp³-hybridized carbons (Fsp3) is 0.581. The Labute approximate surface area is 264 Å². The lowest BCUT2D eigenvalue weighted by atomic mass is 9.87. The van der Waals surface area contributed by atoms with Gasteiger partial charge in [0.2, 0.25) is 20.0 Å². The largest absolute Gasteiger partial charge is 0.481 e. The van der Waals surface area contributed by atoms with Gasteiger partial charge in [-0.25, -0.2) is 25.9 Å². The lowest BCUT2D eigenvalue weighted by Gasteiger charge is -2.35. The molecule has 2 saturated heterocycles. The standard InChI is InChI=1S/C31H41ClFN3O6S2/c32-29-21-28(43(39,40)34-26-7-4-24(20-26)31(37)38)10-11-30(29)35-16-12-22(13-17-35)2-1-3-23-14-18-36(19-15-23)44(41,42)27-8-5-25(33)6-9-27/h5-6,8-11,21-24,26,34H,1-4,7,12-20H2,(H,37,38)/t24-,26+/m1/s1. The van der Waals surface area contributed by atoms with Crippen molar-refractivity contribution in [3.8, 4) is 0 Å². The van der Waals surface area contributed by atoms with Gasteiger partial charge in [-0.1, -0.05) is 30.9 Å². The number of benzene rings is 2. The average molecular weight is 670 g/mol. The van der Waals surface area contributed by atoms with E-state index in [-0.39, 0.29) is 16.2 Å². The summed E-state index contributed by atoms with van der Waals surface area (Å²) >= 11 is 6.57. The van der Waals surface area contributed by atoms with Gasteiger partial charge in [0, 0.05) is 32.2 Å². The number of halogens is 2. The number of rotatable bonds is 11. The van der Waals surface area contributed by atoms with Crippen LogP contribution in [-0.2, 0) is 24.8 Å². The summed E-state index contributed by atoms with van der Waals surface area (Å²) in [7, 11) is -7.40. The number of anilines is 1. The quantitative estimate of drug-likeness (QED) is 0.324. The van der Waals surface area contributed by atoms with Gasteiger partial charge in [0.15, 0.2) is 0 Å². The zero-order valence-corrected chi connectivity index (χ0v) is 27.1. The van der Waals surface area contributed by atoms with Crippen molar-refractivity contribution in [2.45, 2.75) is 80.0 Å². The number of aliphatic carboxylic acids is 1. The smallest absolute Gasteiger partial charge is 0.306 e. The van der Waals surface area contributed by atoms with E-state index >= 15 is 0 Å². The van der Waals surface area contributed by atoms with Gasteiger partial charge in [0.05, 0.1) is 26.4 Å². The Balaban J connectivity index is 1.03. The van der Waals surface area contributed by atoms with E-state index < -0.39 is 43.8 Å². The Kier molecular flexibility index (Phi) is 10.6. The SMILES string of the molecule is O=C(O)[C@@H]1CC[C@H](NS(=O)(=O)c2ccc(N3CCC(CCCC4CCN(S(=O)(=O)c5ccc(F)cc5)CC4)CC3)c(Cl)c2)C1. The van der Waals surface area contributed by atoms with E-state index in [0.29, 0.717) is 42.8 Å². The maximum absolute atomic E-state index is 13.2. The third kappa shape index (κ3) is 7.93. The highest BCUT2D eigenvalue weighted by Crippen LogP contribution is 2.35. The van der Waals surface area contributed by atoms with E-state index in [0.717, 1.165) is 63.7 Å². The second kappa shape index (κ2) is 14.0. The van der Waals surface area contributed by atoms with Gasteiger partial charge in [-0.3, -0.25) is 4.79 Å². The van der Waals surface area contributed by atoms with Crippen LogP contribution in [0.15, 0.2) is 52.3 Å². The molecular weight excluding hydrogens is 629 g/mol. The second-order valence-corrected chi connectivity index (χ2v) is 16.5. The van der Waals surface area contributed by atoms with E-state index in [2.05, 4.69) is 9.62 Å². The molecule has 2 heterocycles. The zero-order chi connectivity index (χ0) is 31.5. The van der Waals surface area contributed by atoms with Crippen LogP contribution >= 0.6 is 11.6 Å². The molecule has 1 aliphatic carbocycles. The Bertz CT molecular complexity index is 1520. The summed E-state index contributed by atoms with van der Waals surface area (Å²) in [5.74, 6) is -0.749. The highest BCUT2D eigenvalue weighted by molar-refractivity contribution is 7.89. The molecule has 0 aromatic heterocycles. The molecule has 1 saturated carbocycles. The summed E-state index contributed by atoms with van der Waals surface area (Å²) in [6, 6.07) is 9.42. The first-order chi connectivity index (χ1) is 20.9. The van der Waals surface area contributed by atoms with Gasteiger partial charge < -0.3 is 10.0 Å². The van der Waals surface area contributed by atoms with Crippen molar-refractivity contribution in [3.63, 3.8) is 0 Å². The van der Waals surface area contributed by atoms with Crippen molar-refractivity contribution in [1.29, 1.82) is 0 Å². The molecule has 3 fully saturated rings. The predicted octanol–water partition coefficient (Wildman–Crippen LogP) is 5.50. The summed E-state index contributed by atoms with van der Waals surface area (Å²) in [4.78, 5) is 13.6. The lowest BCUT2D eigenvalue weighted by molar-refractivity contribution is -0.141. The molecule has 242 valence electrons. The molecule has 2 aromatic carbocycles. The number of piperidine rings is 2. The average Bonchev–Trinajstić information content (AvgIpc) is 3.46. The van der Waals surface area contributed by atoms with Gasteiger partial charge in [0.1, 0.15) is 5.82 Å². The molecule has 2 N–H and O–H groups in total. The minimum atomic E-state index is -3.81. The van der Waals surface area contributed by atoms with Gasteiger partial charge in [-0.05, 0) is 99.2 Å². The van der Waals surface area contributed by atoms with Crippen molar-refractivity contribution in [2.75, 3.05) is 31.1 Å². The molecule has 3 aliphatic rings. The van der Waals surface area contributed by atoms with Crippen LogP contribution in [0.2, 0.25) is 5.02 Å². The molecule has 44 heavy (non-hydrogen) atoms. The number of nitrogens with one attached hydrogen (secondary N) is 1. The van der Waals surface area contributed by atoms with Crippen molar-refractivity contribution in [1.82, 2.24) is 9.03 Å². The van der Waals surface area contributed by atoms with E-state index in [1.807, 2.05) is 0 Å². The number of carbonyl (C=O) groups is 1. The zero-order valence-electron chi connectivity index (χ0n) is 24.7. The summed E-state index contributed by atoms with van der Waals surface area (Å²) < 4.78 is 69.0. The normalized spacial score (nSPS) is 22.8.